The van der Waals surface area contributed by atoms with Crippen LogP contribution in [0, 0.1) is 5.92 Å². The minimum absolute atomic E-state index is 0.258. The summed E-state index contributed by atoms with van der Waals surface area (Å²) < 4.78 is 11.5. The molecule has 1 fully saturated rings. The summed E-state index contributed by atoms with van der Waals surface area (Å²) in [5.41, 5.74) is 0. The Kier molecular flexibility index (Phi) is 5.58. The second-order valence-corrected chi connectivity index (χ2v) is 4.59. The van der Waals surface area contributed by atoms with Gasteiger partial charge in [0.1, 0.15) is 0 Å². The Labute approximate surface area is 93.5 Å². The molecule has 1 rings (SSSR count). The lowest BCUT2D eigenvalue weighted by atomic mass is 9.85. The fourth-order valence-corrected chi connectivity index (χ4v) is 1.94. The first kappa shape index (κ1) is 12.9. The molecule has 3 atom stereocenters. The van der Waals surface area contributed by atoms with E-state index in [1.54, 1.807) is 0 Å². The Balaban J connectivity index is 2.27. The van der Waals surface area contributed by atoms with Gasteiger partial charge in [0, 0.05) is 19.3 Å². The molecule has 0 aliphatic heterocycles. The molecule has 0 radical (unpaired) electrons. The summed E-state index contributed by atoms with van der Waals surface area (Å²) in [6, 6.07) is 0.493. The molecule has 0 amide bonds. The molecule has 3 heteroatoms. The van der Waals surface area contributed by atoms with Crippen LogP contribution in [0.5, 0.6) is 0 Å². The van der Waals surface area contributed by atoms with Crippen molar-refractivity contribution in [3.8, 4) is 0 Å². The van der Waals surface area contributed by atoms with E-state index in [-0.39, 0.29) is 6.10 Å². The predicted molar refractivity (Wildman–Crippen MR) is 62.1 cm³/mol. The van der Waals surface area contributed by atoms with Gasteiger partial charge in [-0.05, 0) is 25.8 Å². The number of likely N-dealkylation sites (N-methyl/N-ethyl adjacent to an activating group) is 1. The first-order valence-electron chi connectivity index (χ1n) is 6.15. The van der Waals surface area contributed by atoms with Gasteiger partial charge in [0.2, 0.25) is 0 Å². The maximum atomic E-state index is 5.82. The molecule has 0 saturated heterocycles. The maximum absolute atomic E-state index is 5.82. The lowest BCUT2D eigenvalue weighted by Crippen LogP contribution is -2.60. The van der Waals surface area contributed by atoms with Crippen LogP contribution in [0.2, 0.25) is 0 Å². The van der Waals surface area contributed by atoms with Gasteiger partial charge in [0.25, 0.3) is 0 Å². The molecule has 3 unspecified atom stereocenters. The van der Waals surface area contributed by atoms with Crippen LogP contribution in [0.4, 0.5) is 0 Å². The van der Waals surface area contributed by atoms with E-state index in [2.05, 4.69) is 26.1 Å². The van der Waals surface area contributed by atoms with E-state index in [4.69, 9.17) is 9.47 Å². The first-order chi connectivity index (χ1) is 7.19. The van der Waals surface area contributed by atoms with E-state index in [1.165, 1.54) is 0 Å². The third kappa shape index (κ3) is 3.74. The number of hydrogen-bond acceptors (Lipinski definition) is 3. The van der Waals surface area contributed by atoms with Gasteiger partial charge in [-0.25, -0.2) is 0 Å². The topological polar surface area (TPSA) is 30.5 Å². The normalized spacial score (nSPS) is 30.6. The minimum Gasteiger partial charge on any atom is -0.375 e. The number of ether oxygens (including phenoxy) is 2. The summed E-state index contributed by atoms with van der Waals surface area (Å²) in [5.74, 6) is 0.602. The third-order valence-electron chi connectivity index (χ3n) is 2.72. The lowest BCUT2D eigenvalue weighted by Gasteiger charge is -2.44. The third-order valence-corrected chi connectivity index (χ3v) is 2.72. The fourth-order valence-electron chi connectivity index (χ4n) is 1.94. The second kappa shape index (κ2) is 6.46. The summed E-state index contributed by atoms with van der Waals surface area (Å²) in [6.45, 7) is 11.1. The van der Waals surface area contributed by atoms with Crippen LogP contribution in [0.25, 0.3) is 0 Å². The molecular formula is C12H25NO2. The number of rotatable bonds is 7. The molecule has 90 valence electrons. The minimum atomic E-state index is 0.258. The van der Waals surface area contributed by atoms with Gasteiger partial charge >= 0.3 is 0 Å². The first-order valence-corrected chi connectivity index (χ1v) is 6.15. The Morgan fingerprint density at radius 2 is 2.00 bits per heavy atom. The van der Waals surface area contributed by atoms with Crippen molar-refractivity contribution in [2.45, 2.75) is 52.4 Å². The van der Waals surface area contributed by atoms with Crippen molar-refractivity contribution in [3.63, 3.8) is 0 Å². The Morgan fingerprint density at radius 1 is 1.27 bits per heavy atom. The molecule has 1 aliphatic rings. The predicted octanol–water partition coefficient (Wildman–Crippen LogP) is 1.81. The van der Waals surface area contributed by atoms with Crippen LogP contribution in [0.15, 0.2) is 0 Å². The SMILES string of the molecule is CCNC1CC(OCC(C)C)C1OCC. The van der Waals surface area contributed by atoms with Gasteiger partial charge in [0.15, 0.2) is 0 Å². The molecule has 0 aromatic rings. The van der Waals surface area contributed by atoms with Crippen LogP contribution in [0.3, 0.4) is 0 Å². The lowest BCUT2D eigenvalue weighted by molar-refractivity contribution is -0.148. The van der Waals surface area contributed by atoms with Crippen LogP contribution in [-0.2, 0) is 9.47 Å². The van der Waals surface area contributed by atoms with Crippen molar-refractivity contribution in [3.05, 3.63) is 0 Å². The fraction of sp³-hybridized carbons (Fsp3) is 1.00. The van der Waals surface area contributed by atoms with Crippen molar-refractivity contribution >= 4 is 0 Å². The van der Waals surface area contributed by atoms with Crippen LogP contribution in [-0.4, -0.2) is 38.0 Å². The summed E-state index contributed by atoms with van der Waals surface area (Å²) >= 11 is 0. The highest BCUT2D eigenvalue weighted by molar-refractivity contribution is 4.97. The summed E-state index contributed by atoms with van der Waals surface area (Å²) in [5, 5.41) is 3.43. The molecule has 1 N–H and O–H groups in total. The Morgan fingerprint density at radius 3 is 2.53 bits per heavy atom. The maximum Gasteiger partial charge on any atom is 0.0990 e. The molecule has 0 aromatic heterocycles. The van der Waals surface area contributed by atoms with Crippen LogP contribution >= 0.6 is 0 Å². The van der Waals surface area contributed by atoms with E-state index in [0.717, 1.165) is 26.2 Å². The molecule has 15 heavy (non-hydrogen) atoms. The zero-order valence-corrected chi connectivity index (χ0v) is 10.5. The molecule has 1 saturated carbocycles. The van der Waals surface area contributed by atoms with Gasteiger partial charge in [-0.1, -0.05) is 20.8 Å². The Hall–Kier alpha value is -0.120. The highest BCUT2D eigenvalue weighted by Crippen LogP contribution is 2.27. The zero-order valence-electron chi connectivity index (χ0n) is 10.5. The van der Waals surface area contributed by atoms with Crippen molar-refractivity contribution < 1.29 is 9.47 Å². The van der Waals surface area contributed by atoms with E-state index in [9.17, 15) is 0 Å². The van der Waals surface area contributed by atoms with Crippen LogP contribution in [0.1, 0.15) is 34.1 Å². The van der Waals surface area contributed by atoms with Gasteiger partial charge in [-0.15, -0.1) is 0 Å². The number of hydrogen-bond donors (Lipinski definition) is 1. The zero-order chi connectivity index (χ0) is 11.3. The van der Waals surface area contributed by atoms with Crippen molar-refractivity contribution in [2.24, 2.45) is 5.92 Å². The van der Waals surface area contributed by atoms with Crippen molar-refractivity contribution in [1.29, 1.82) is 0 Å². The summed E-state index contributed by atoms with van der Waals surface area (Å²) in [7, 11) is 0. The van der Waals surface area contributed by atoms with Gasteiger partial charge in [-0.3, -0.25) is 0 Å². The van der Waals surface area contributed by atoms with Gasteiger partial charge < -0.3 is 14.8 Å². The van der Waals surface area contributed by atoms with Gasteiger partial charge in [0.05, 0.1) is 12.2 Å². The molecule has 3 nitrogen and oxygen atoms in total. The highest BCUT2D eigenvalue weighted by atomic mass is 16.5. The number of nitrogens with one attached hydrogen (secondary N) is 1. The average molecular weight is 215 g/mol. The molecule has 0 bridgehead atoms. The summed E-state index contributed by atoms with van der Waals surface area (Å²) in [6.07, 6.45) is 1.65. The average Bonchev–Trinajstić information content (AvgIpc) is 2.18. The molecule has 0 heterocycles. The summed E-state index contributed by atoms with van der Waals surface area (Å²) in [4.78, 5) is 0. The second-order valence-electron chi connectivity index (χ2n) is 4.59. The van der Waals surface area contributed by atoms with Crippen LogP contribution < -0.4 is 5.32 Å². The van der Waals surface area contributed by atoms with E-state index in [0.29, 0.717) is 18.1 Å². The van der Waals surface area contributed by atoms with E-state index < -0.39 is 0 Å². The molecule has 0 aromatic carbocycles. The van der Waals surface area contributed by atoms with Gasteiger partial charge in [-0.2, -0.15) is 0 Å². The quantitative estimate of drug-likeness (QED) is 0.702. The smallest absolute Gasteiger partial charge is 0.0990 e. The Bertz CT molecular complexity index is 173. The standard InChI is InChI=1S/C12H25NO2/c1-5-13-10-7-11(12(10)14-6-2)15-8-9(3)4/h9-13H,5-8H2,1-4H3. The molecular weight excluding hydrogens is 190 g/mol. The van der Waals surface area contributed by atoms with Crippen molar-refractivity contribution in [2.75, 3.05) is 19.8 Å². The molecule has 0 spiro atoms. The van der Waals surface area contributed by atoms with Crippen molar-refractivity contribution in [1.82, 2.24) is 5.32 Å². The molecule has 1 aliphatic carbocycles. The largest absolute Gasteiger partial charge is 0.375 e. The van der Waals surface area contributed by atoms with E-state index >= 15 is 0 Å². The monoisotopic (exact) mass is 215 g/mol. The van der Waals surface area contributed by atoms with E-state index in [1.807, 2.05) is 6.92 Å². The highest BCUT2D eigenvalue weighted by Gasteiger charge is 2.42.